The molecular weight excluding hydrogens is 330 g/mol. The maximum Gasteiger partial charge on any atom is 0.0859 e. The van der Waals surface area contributed by atoms with E-state index in [9.17, 15) is 0 Å². The number of benzene rings is 2. The van der Waals surface area contributed by atoms with Crippen molar-refractivity contribution in [1.82, 2.24) is 4.57 Å². The minimum atomic E-state index is 0.183. The second-order valence-electron chi connectivity index (χ2n) is 7.38. The van der Waals surface area contributed by atoms with Crippen LogP contribution in [0.2, 0.25) is 5.02 Å². The zero-order chi connectivity index (χ0) is 17.0. The van der Waals surface area contributed by atoms with Crippen LogP contribution >= 0.6 is 11.6 Å². The Kier molecular flexibility index (Phi) is 3.65. The molecule has 5 rings (SSSR count). The Labute approximate surface area is 153 Å². The van der Waals surface area contributed by atoms with Crippen LogP contribution in [-0.4, -0.2) is 11.2 Å². The van der Waals surface area contributed by atoms with Gasteiger partial charge in [0.25, 0.3) is 0 Å². The van der Waals surface area contributed by atoms with Gasteiger partial charge in [-0.15, -0.1) is 0 Å². The molecule has 128 valence electrons. The molecule has 3 atom stereocenters. The smallest absolute Gasteiger partial charge is 0.0859 e. The minimum absolute atomic E-state index is 0.183. The van der Waals surface area contributed by atoms with Gasteiger partial charge in [-0.25, -0.2) is 0 Å². The first-order valence-electron chi connectivity index (χ1n) is 9.17. The molecule has 2 aliphatic rings. The van der Waals surface area contributed by atoms with Gasteiger partial charge in [0.2, 0.25) is 0 Å². The third kappa shape index (κ3) is 2.35. The van der Waals surface area contributed by atoms with Gasteiger partial charge >= 0.3 is 0 Å². The molecule has 25 heavy (non-hydrogen) atoms. The Morgan fingerprint density at radius 2 is 1.84 bits per heavy atom. The first-order valence-corrected chi connectivity index (χ1v) is 9.55. The van der Waals surface area contributed by atoms with E-state index in [1.54, 1.807) is 11.3 Å². The van der Waals surface area contributed by atoms with E-state index < -0.39 is 0 Å². The standard InChI is InChI=1S/C22H22ClNO/c1-24-20-5-3-2-4-16(20)17-10-11-19-18(21(17)24)12-13-25-22(19)14-6-8-15(23)9-7-14/h2-9,18-19,22H,10-13H2,1H3/t18-,19-,22-/m0/s1. The summed E-state index contributed by atoms with van der Waals surface area (Å²) in [6.45, 7) is 0.829. The number of ether oxygens (including phenoxy) is 1. The molecule has 0 spiro atoms. The molecule has 2 aromatic carbocycles. The van der Waals surface area contributed by atoms with Gasteiger partial charge in [0, 0.05) is 41.2 Å². The van der Waals surface area contributed by atoms with Crippen LogP contribution in [0.3, 0.4) is 0 Å². The number of nitrogens with zero attached hydrogens (tertiary/aromatic N) is 1. The van der Waals surface area contributed by atoms with Crippen molar-refractivity contribution in [2.24, 2.45) is 13.0 Å². The van der Waals surface area contributed by atoms with Gasteiger partial charge in [-0.05, 0) is 54.5 Å². The lowest BCUT2D eigenvalue weighted by molar-refractivity contribution is -0.0471. The van der Waals surface area contributed by atoms with Crippen LogP contribution in [0, 0.1) is 5.92 Å². The van der Waals surface area contributed by atoms with E-state index in [2.05, 4.69) is 48.0 Å². The fourth-order valence-electron chi connectivity index (χ4n) is 5.10. The summed E-state index contributed by atoms with van der Waals surface area (Å²) in [4.78, 5) is 0. The molecule has 2 heterocycles. The first-order chi connectivity index (χ1) is 12.2. The highest BCUT2D eigenvalue weighted by molar-refractivity contribution is 6.30. The Bertz CT molecular complexity index is 927. The lowest BCUT2D eigenvalue weighted by Crippen LogP contribution is -2.34. The highest BCUT2D eigenvalue weighted by Crippen LogP contribution is 2.50. The molecule has 0 amide bonds. The van der Waals surface area contributed by atoms with Crippen molar-refractivity contribution in [2.75, 3.05) is 6.61 Å². The molecule has 0 saturated carbocycles. The summed E-state index contributed by atoms with van der Waals surface area (Å²) in [5.74, 6) is 1.13. The van der Waals surface area contributed by atoms with Gasteiger partial charge in [-0.1, -0.05) is 41.9 Å². The third-order valence-electron chi connectivity index (χ3n) is 6.17. The highest BCUT2D eigenvalue weighted by Gasteiger charge is 2.41. The van der Waals surface area contributed by atoms with E-state index in [1.165, 1.54) is 22.9 Å². The number of para-hydroxylation sites is 1. The molecule has 1 fully saturated rings. The van der Waals surface area contributed by atoms with Crippen molar-refractivity contribution < 1.29 is 4.74 Å². The average Bonchev–Trinajstić information content (AvgIpc) is 2.95. The first kappa shape index (κ1) is 15.5. The number of hydrogen-bond donors (Lipinski definition) is 0. The largest absolute Gasteiger partial charge is 0.373 e. The fraction of sp³-hybridized carbons (Fsp3) is 0.364. The van der Waals surface area contributed by atoms with Crippen molar-refractivity contribution in [1.29, 1.82) is 0 Å². The number of fused-ring (bicyclic) bond motifs is 5. The zero-order valence-corrected chi connectivity index (χ0v) is 15.2. The molecule has 0 N–H and O–H groups in total. The summed E-state index contributed by atoms with van der Waals surface area (Å²) in [6.07, 6.45) is 3.64. The molecule has 0 unspecified atom stereocenters. The van der Waals surface area contributed by atoms with Crippen LogP contribution in [0.4, 0.5) is 0 Å². The Hall–Kier alpha value is -1.77. The SMILES string of the molecule is Cn1c2c(c3ccccc31)CC[C@H]1[C@@H]2CCO[C@H]1c1ccc(Cl)cc1. The second kappa shape index (κ2) is 5.89. The summed E-state index contributed by atoms with van der Waals surface area (Å²) in [5.41, 5.74) is 5.74. The van der Waals surface area contributed by atoms with Crippen molar-refractivity contribution in [3.63, 3.8) is 0 Å². The molecule has 1 saturated heterocycles. The molecule has 1 aliphatic carbocycles. The molecule has 0 bridgehead atoms. The van der Waals surface area contributed by atoms with E-state index in [4.69, 9.17) is 16.3 Å². The van der Waals surface area contributed by atoms with E-state index in [0.717, 1.165) is 24.5 Å². The summed E-state index contributed by atoms with van der Waals surface area (Å²) in [6, 6.07) is 17.1. The number of rotatable bonds is 1. The third-order valence-corrected chi connectivity index (χ3v) is 6.42. The van der Waals surface area contributed by atoms with Crippen molar-refractivity contribution >= 4 is 22.5 Å². The van der Waals surface area contributed by atoms with Gasteiger partial charge in [0.15, 0.2) is 0 Å². The van der Waals surface area contributed by atoms with Crippen LogP contribution < -0.4 is 0 Å². The molecule has 2 nitrogen and oxygen atoms in total. The van der Waals surface area contributed by atoms with Gasteiger partial charge in [0.05, 0.1) is 6.10 Å². The van der Waals surface area contributed by atoms with Gasteiger partial charge < -0.3 is 9.30 Å². The van der Waals surface area contributed by atoms with E-state index >= 15 is 0 Å². The number of aryl methyl sites for hydroxylation is 2. The quantitative estimate of drug-likeness (QED) is 0.553. The summed E-state index contributed by atoms with van der Waals surface area (Å²) < 4.78 is 8.69. The van der Waals surface area contributed by atoms with Crippen LogP contribution in [0.25, 0.3) is 10.9 Å². The van der Waals surface area contributed by atoms with Gasteiger partial charge in [-0.2, -0.15) is 0 Å². The summed E-state index contributed by atoms with van der Waals surface area (Å²) in [7, 11) is 2.23. The van der Waals surface area contributed by atoms with Crippen LogP contribution in [-0.2, 0) is 18.2 Å². The second-order valence-corrected chi connectivity index (χ2v) is 7.82. The average molecular weight is 352 g/mol. The van der Waals surface area contributed by atoms with E-state index in [0.29, 0.717) is 11.8 Å². The lowest BCUT2D eigenvalue weighted by Gasteiger charge is -2.42. The van der Waals surface area contributed by atoms with Gasteiger partial charge in [-0.3, -0.25) is 0 Å². The highest BCUT2D eigenvalue weighted by atomic mass is 35.5. The van der Waals surface area contributed by atoms with Crippen LogP contribution in [0.1, 0.15) is 41.7 Å². The maximum atomic E-state index is 6.25. The lowest BCUT2D eigenvalue weighted by atomic mass is 9.71. The normalized spacial score (nSPS) is 25.6. The Morgan fingerprint density at radius 3 is 2.68 bits per heavy atom. The van der Waals surface area contributed by atoms with Crippen molar-refractivity contribution in [2.45, 2.75) is 31.3 Å². The maximum absolute atomic E-state index is 6.25. The summed E-state index contributed by atoms with van der Waals surface area (Å²) >= 11 is 6.08. The molecule has 3 heteroatoms. The molecule has 0 radical (unpaired) electrons. The number of hydrogen-bond acceptors (Lipinski definition) is 1. The van der Waals surface area contributed by atoms with Crippen molar-refractivity contribution in [3.05, 3.63) is 70.4 Å². The fourth-order valence-corrected chi connectivity index (χ4v) is 5.22. The predicted octanol–water partition coefficient (Wildman–Crippen LogP) is 5.64. The zero-order valence-electron chi connectivity index (χ0n) is 14.4. The topological polar surface area (TPSA) is 14.2 Å². The van der Waals surface area contributed by atoms with Crippen molar-refractivity contribution in [3.8, 4) is 0 Å². The van der Waals surface area contributed by atoms with Gasteiger partial charge in [0.1, 0.15) is 0 Å². The number of halogens is 1. The monoisotopic (exact) mass is 351 g/mol. The molecule has 1 aliphatic heterocycles. The molecule has 3 aromatic rings. The Balaban J connectivity index is 1.59. The molecule has 1 aromatic heterocycles. The minimum Gasteiger partial charge on any atom is -0.373 e. The Morgan fingerprint density at radius 1 is 1.04 bits per heavy atom. The summed E-state index contributed by atoms with van der Waals surface area (Å²) in [5, 5.41) is 2.23. The van der Waals surface area contributed by atoms with E-state index in [1.807, 2.05) is 12.1 Å². The van der Waals surface area contributed by atoms with Crippen LogP contribution in [0.15, 0.2) is 48.5 Å². The number of aromatic nitrogens is 1. The van der Waals surface area contributed by atoms with Crippen LogP contribution in [0.5, 0.6) is 0 Å². The van der Waals surface area contributed by atoms with E-state index in [-0.39, 0.29) is 6.10 Å². The predicted molar refractivity (Wildman–Crippen MR) is 102 cm³/mol. The molecular formula is C22H22ClNO.